The van der Waals surface area contributed by atoms with Crippen molar-refractivity contribution in [1.82, 2.24) is 15.6 Å². The van der Waals surface area contributed by atoms with Crippen LogP contribution in [0.1, 0.15) is 42.6 Å². The molecule has 0 fully saturated rings. The van der Waals surface area contributed by atoms with Crippen molar-refractivity contribution < 1.29 is 0 Å². The molecule has 0 saturated heterocycles. The maximum Gasteiger partial charge on any atom is 0.191 e. The normalized spacial score (nSPS) is 11.1. The number of aliphatic imine (C=N–C) groups is 1. The van der Waals surface area contributed by atoms with Crippen molar-refractivity contribution in [3.63, 3.8) is 0 Å². The minimum Gasteiger partial charge on any atom is -0.357 e. The molecule has 0 aliphatic carbocycles. The summed E-state index contributed by atoms with van der Waals surface area (Å²) in [6, 6.07) is 8.51. The number of hydrogen-bond acceptors (Lipinski definition) is 3. The molecule has 0 unspecified atom stereocenters. The van der Waals surface area contributed by atoms with Crippen molar-refractivity contribution >= 4 is 41.3 Å². The highest BCUT2D eigenvalue weighted by atomic mass is 127. The van der Waals surface area contributed by atoms with Gasteiger partial charge in [-0.1, -0.05) is 38.1 Å². The molecule has 1 aromatic heterocycles. The van der Waals surface area contributed by atoms with E-state index in [1.54, 1.807) is 11.3 Å². The monoisotopic (exact) mass is 472 g/mol. The zero-order chi connectivity index (χ0) is 17.2. The zero-order valence-electron chi connectivity index (χ0n) is 15.3. The molecule has 1 heterocycles. The number of nitrogens with one attached hydrogen (secondary N) is 2. The van der Waals surface area contributed by atoms with Crippen molar-refractivity contribution in [2.45, 2.75) is 46.6 Å². The lowest BCUT2D eigenvalue weighted by atomic mass is 10.1. The highest BCUT2D eigenvalue weighted by Gasteiger charge is 2.03. The van der Waals surface area contributed by atoms with Gasteiger partial charge in [-0.3, -0.25) is 0 Å². The molecule has 6 heteroatoms. The number of nitrogens with zero attached hydrogens (tertiary/aromatic N) is 2. The molecule has 2 aromatic rings. The van der Waals surface area contributed by atoms with E-state index in [2.05, 4.69) is 66.0 Å². The van der Waals surface area contributed by atoms with E-state index in [-0.39, 0.29) is 24.0 Å². The molecule has 1 aromatic carbocycles. The fraction of sp³-hybridized carbons (Fsp3) is 0.474. The van der Waals surface area contributed by atoms with Gasteiger partial charge in [-0.2, -0.15) is 0 Å². The molecule has 2 N–H and O–H groups in total. The van der Waals surface area contributed by atoms with E-state index < -0.39 is 0 Å². The molecular formula is C19H29IN4S. The Hall–Kier alpha value is -1.15. The first-order valence-electron chi connectivity index (χ1n) is 8.79. The van der Waals surface area contributed by atoms with Crippen LogP contribution in [0.4, 0.5) is 0 Å². The molecule has 25 heavy (non-hydrogen) atoms. The van der Waals surface area contributed by atoms with E-state index in [1.165, 1.54) is 16.1 Å². The third-order valence-electron chi connectivity index (χ3n) is 3.83. The summed E-state index contributed by atoms with van der Waals surface area (Å²) < 4.78 is 0. The Balaban J connectivity index is 0.00000312. The predicted octanol–water partition coefficient (Wildman–Crippen LogP) is 4.18. The number of aromatic nitrogens is 1. The van der Waals surface area contributed by atoms with Gasteiger partial charge in [0.15, 0.2) is 5.96 Å². The second-order valence-corrected chi connectivity index (χ2v) is 6.52. The van der Waals surface area contributed by atoms with Gasteiger partial charge in [0.25, 0.3) is 0 Å². The van der Waals surface area contributed by atoms with Crippen LogP contribution in [0.15, 0.2) is 34.6 Å². The number of thiazole rings is 1. The van der Waals surface area contributed by atoms with Crippen LogP contribution in [-0.4, -0.2) is 24.0 Å². The van der Waals surface area contributed by atoms with E-state index in [1.807, 2.05) is 0 Å². The quantitative estimate of drug-likeness (QED) is 0.344. The average Bonchev–Trinajstić information content (AvgIpc) is 3.08. The van der Waals surface area contributed by atoms with Gasteiger partial charge in [0.2, 0.25) is 0 Å². The van der Waals surface area contributed by atoms with Gasteiger partial charge in [-0.05, 0) is 30.9 Å². The van der Waals surface area contributed by atoms with Crippen LogP contribution in [0.5, 0.6) is 0 Å². The fourth-order valence-corrected chi connectivity index (χ4v) is 3.28. The highest BCUT2D eigenvalue weighted by Crippen LogP contribution is 2.11. The summed E-state index contributed by atoms with van der Waals surface area (Å²) in [5, 5.41) is 10.1. The summed E-state index contributed by atoms with van der Waals surface area (Å²) in [6.45, 7) is 8.82. The van der Waals surface area contributed by atoms with Gasteiger partial charge in [-0.25, -0.2) is 9.98 Å². The fourth-order valence-electron chi connectivity index (χ4n) is 2.50. The van der Waals surface area contributed by atoms with Crippen LogP contribution in [0, 0.1) is 0 Å². The number of hydrogen-bond donors (Lipinski definition) is 2. The Kier molecular flexibility index (Phi) is 10.7. The number of rotatable bonds is 8. The Morgan fingerprint density at radius 1 is 1.08 bits per heavy atom. The highest BCUT2D eigenvalue weighted by molar-refractivity contribution is 14.0. The van der Waals surface area contributed by atoms with Crippen molar-refractivity contribution in [1.29, 1.82) is 0 Å². The molecule has 0 radical (unpaired) electrons. The minimum atomic E-state index is 0. The van der Waals surface area contributed by atoms with Gasteiger partial charge < -0.3 is 10.6 Å². The largest absolute Gasteiger partial charge is 0.357 e. The van der Waals surface area contributed by atoms with E-state index >= 15 is 0 Å². The first-order valence-corrected chi connectivity index (χ1v) is 9.67. The van der Waals surface area contributed by atoms with Crippen molar-refractivity contribution in [3.05, 3.63) is 51.5 Å². The lowest BCUT2D eigenvalue weighted by Crippen LogP contribution is -2.38. The number of guanidine groups is 1. The summed E-state index contributed by atoms with van der Waals surface area (Å²) in [6.07, 6.45) is 2.98. The first-order chi connectivity index (χ1) is 11.8. The van der Waals surface area contributed by atoms with Crippen molar-refractivity contribution in [3.8, 4) is 0 Å². The van der Waals surface area contributed by atoms with Crippen molar-refractivity contribution in [2.75, 3.05) is 13.1 Å². The number of aryl methyl sites for hydroxylation is 2. The molecular weight excluding hydrogens is 443 g/mol. The Morgan fingerprint density at radius 2 is 1.84 bits per heavy atom. The van der Waals surface area contributed by atoms with Gasteiger partial charge >= 0.3 is 0 Å². The van der Waals surface area contributed by atoms with E-state index in [4.69, 9.17) is 4.99 Å². The molecule has 2 rings (SSSR count). The molecule has 4 nitrogen and oxygen atoms in total. The molecule has 0 aliphatic heterocycles. The third kappa shape index (κ3) is 7.32. The predicted molar refractivity (Wildman–Crippen MR) is 119 cm³/mol. The summed E-state index contributed by atoms with van der Waals surface area (Å²) in [5.41, 5.74) is 3.83. The van der Waals surface area contributed by atoms with Crippen molar-refractivity contribution in [2.24, 2.45) is 4.99 Å². The Morgan fingerprint density at radius 3 is 2.48 bits per heavy atom. The summed E-state index contributed by atoms with van der Waals surface area (Å²) in [5.74, 6) is 0.870. The molecule has 0 aliphatic rings. The number of benzene rings is 1. The Labute approximate surface area is 172 Å². The van der Waals surface area contributed by atoms with Crippen LogP contribution in [0.3, 0.4) is 0 Å². The van der Waals surface area contributed by atoms with Crippen LogP contribution >= 0.6 is 35.3 Å². The molecule has 138 valence electrons. The zero-order valence-corrected chi connectivity index (χ0v) is 18.5. The van der Waals surface area contributed by atoms with Crippen LogP contribution in [-0.2, 0) is 25.8 Å². The van der Waals surface area contributed by atoms with Gasteiger partial charge in [0.1, 0.15) is 0 Å². The average molecular weight is 472 g/mol. The molecule has 0 saturated carbocycles. The molecule has 0 atom stereocenters. The summed E-state index contributed by atoms with van der Waals surface area (Å²) >= 11 is 1.75. The van der Waals surface area contributed by atoms with Gasteiger partial charge in [0, 0.05) is 24.9 Å². The van der Waals surface area contributed by atoms with E-state index in [0.29, 0.717) is 6.54 Å². The lowest BCUT2D eigenvalue weighted by Gasteiger charge is -2.11. The summed E-state index contributed by atoms with van der Waals surface area (Å²) in [4.78, 5) is 9.33. The second kappa shape index (κ2) is 12.2. The molecule has 0 bridgehead atoms. The standard InChI is InChI=1S/C19H28N4S.HI/c1-4-15-9-7-8-10-16(15)13-22-19(20-6-3)21-12-11-17-14-24-18(5-2)23-17;/h7-10,14H,4-6,11-13H2,1-3H3,(H2,20,21,22);1H. The van der Waals surface area contributed by atoms with Crippen LogP contribution in [0.2, 0.25) is 0 Å². The van der Waals surface area contributed by atoms with Gasteiger partial charge in [0.05, 0.1) is 17.2 Å². The topological polar surface area (TPSA) is 49.3 Å². The number of halogens is 1. The molecule has 0 amide bonds. The van der Waals surface area contributed by atoms with E-state index in [0.717, 1.165) is 44.0 Å². The smallest absolute Gasteiger partial charge is 0.191 e. The van der Waals surface area contributed by atoms with Gasteiger partial charge in [-0.15, -0.1) is 35.3 Å². The van der Waals surface area contributed by atoms with E-state index in [9.17, 15) is 0 Å². The maximum absolute atomic E-state index is 4.72. The minimum absolute atomic E-state index is 0. The Bertz CT molecular complexity index is 654. The second-order valence-electron chi connectivity index (χ2n) is 5.58. The maximum atomic E-state index is 4.72. The summed E-state index contributed by atoms with van der Waals surface area (Å²) in [7, 11) is 0. The lowest BCUT2D eigenvalue weighted by molar-refractivity contribution is 0.788. The third-order valence-corrected chi connectivity index (χ3v) is 4.87. The van der Waals surface area contributed by atoms with Crippen LogP contribution in [0.25, 0.3) is 0 Å². The van der Waals surface area contributed by atoms with Crippen LogP contribution < -0.4 is 10.6 Å². The SMILES string of the molecule is CCNC(=NCc1ccccc1CC)NCCc1csc(CC)n1.I. The molecule has 0 spiro atoms. The first kappa shape index (κ1) is 21.9.